The lowest BCUT2D eigenvalue weighted by Crippen LogP contribution is -2.18. The molecule has 3 aromatic carbocycles. The van der Waals surface area contributed by atoms with E-state index in [0.29, 0.717) is 17.9 Å². The quantitative estimate of drug-likeness (QED) is 0.235. The van der Waals surface area contributed by atoms with E-state index in [0.717, 1.165) is 45.1 Å². The molecule has 0 spiro atoms. The minimum atomic E-state index is -3.70. The molecule has 0 radical (unpaired) electrons. The topological polar surface area (TPSA) is 76.5 Å². The van der Waals surface area contributed by atoms with Crippen LogP contribution in [0.25, 0.3) is 23.1 Å². The Balaban J connectivity index is 1.58. The van der Waals surface area contributed by atoms with Gasteiger partial charge in [0.1, 0.15) is 6.10 Å². The average Bonchev–Trinajstić information content (AvgIpc) is 2.84. The van der Waals surface area contributed by atoms with Gasteiger partial charge in [0.05, 0.1) is 23.1 Å². The summed E-state index contributed by atoms with van der Waals surface area (Å²) < 4.78 is 29.7. The Morgan fingerprint density at radius 1 is 1.00 bits per heavy atom. The summed E-state index contributed by atoms with van der Waals surface area (Å²) in [6.07, 6.45) is 5.21. The standard InChI is InChI=1S/C30H30ClNO4S/c1-30(2,33)27-10-5-4-8-22(27)14-18-29(36-37(3,34)35)24-9-6-7-21(19-24)11-16-26-17-13-23-12-15-25(31)20-28(23)32-26/h4-13,15-17,19-20,29,33H,14,18H2,1-3H3/t29-/m1/s1. The van der Waals surface area contributed by atoms with E-state index in [4.69, 9.17) is 15.8 Å². The van der Waals surface area contributed by atoms with Crippen LogP contribution in [0, 0.1) is 0 Å². The van der Waals surface area contributed by atoms with Gasteiger partial charge in [-0.2, -0.15) is 8.42 Å². The molecule has 0 saturated carbocycles. The predicted octanol–water partition coefficient (Wildman–Crippen LogP) is 6.94. The van der Waals surface area contributed by atoms with Crippen molar-refractivity contribution in [2.45, 2.75) is 38.4 Å². The number of aliphatic hydroxyl groups is 1. The van der Waals surface area contributed by atoms with Gasteiger partial charge in [0.2, 0.25) is 0 Å². The minimum absolute atomic E-state index is 0.431. The Morgan fingerprint density at radius 3 is 2.51 bits per heavy atom. The molecule has 1 N–H and O–H groups in total. The zero-order valence-corrected chi connectivity index (χ0v) is 22.6. The van der Waals surface area contributed by atoms with Gasteiger partial charge in [0.25, 0.3) is 10.1 Å². The highest BCUT2D eigenvalue weighted by Crippen LogP contribution is 2.30. The molecule has 0 aliphatic heterocycles. The van der Waals surface area contributed by atoms with Crippen molar-refractivity contribution < 1.29 is 17.7 Å². The summed E-state index contributed by atoms with van der Waals surface area (Å²) in [6.45, 7) is 3.48. The minimum Gasteiger partial charge on any atom is -0.386 e. The predicted molar refractivity (Wildman–Crippen MR) is 151 cm³/mol. The molecule has 7 heteroatoms. The van der Waals surface area contributed by atoms with Crippen molar-refractivity contribution in [3.8, 4) is 0 Å². The number of hydrogen-bond acceptors (Lipinski definition) is 5. The molecule has 1 heterocycles. The van der Waals surface area contributed by atoms with Gasteiger partial charge < -0.3 is 5.11 Å². The molecule has 37 heavy (non-hydrogen) atoms. The molecule has 192 valence electrons. The Hall–Kier alpha value is -3.03. The second-order valence-corrected chi connectivity index (χ2v) is 11.7. The molecular weight excluding hydrogens is 506 g/mol. The summed E-state index contributed by atoms with van der Waals surface area (Å²) in [6, 6.07) is 24.8. The van der Waals surface area contributed by atoms with Gasteiger partial charge in [-0.25, -0.2) is 4.98 Å². The number of nitrogens with zero attached hydrogens (tertiary/aromatic N) is 1. The van der Waals surface area contributed by atoms with Crippen molar-refractivity contribution in [3.63, 3.8) is 0 Å². The number of hydrogen-bond donors (Lipinski definition) is 1. The molecule has 4 rings (SSSR count). The summed E-state index contributed by atoms with van der Waals surface area (Å²) in [5.41, 5.74) is 4.01. The first-order valence-electron chi connectivity index (χ1n) is 12.0. The third kappa shape index (κ3) is 7.49. The summed E-state index contributed by atoms with van der Waals surface area (Å²) in [7, 11) is -3.70. The van der Waals surface area contributed by atoms with Crippen LogP contribution >= 0.6 is 11.6 Å². The smallest absolute Gasteiger partial charge is 0.264 e. The van der Waals surface area contributed by atoms with Gasteiger partial charge in [-0.15, -0.1) is 0 Å². The Morgan fingerprint density at radius 2 is 1.76 bits per heavy atom. The van der Waals surface area contributed by atoms with E-state index in [1.54, 1.807) is 13.8 Å². The zero-order valence-electron chi connectivity index (χ0n) is 21.1. The number of aromatic nitrogens is 1. The van der Waals surface area contributed by atoms with Gasteiger partial charge >= 0.3 is 0 Å². The van der Waals surface area contributed by atoms with Gasteiger partial charge in [0, 0.05) is 10.4 Å². The second kappa shape index (κ2) is 11.2. The SMILES string of the molecule is CC(C)(O)c1ccccc1CC[C@@H](OS(C)(=O)=O)c1cccc(C=Cc2ccc3ccc(Cl)cc3n2)c1. The maximum Gasteiger partial charge on any atom is 0.264 e. The number of benzene rings is 3. The zero-order chi connectivity index (χ0) is 26.6. The Labute approximate surface area is 223 Å². The lowest BCUT2D eigenvalue weighted by molar-refractivity contribution is 0.0773. The lowest BCUT2D eigenvalue weighted by atomic mass is 9.90. The Kier molecular flexibility index (Phi) is 8.14. The van der Waals surface area contributed by atoms with Crippen LogP contribution in [0.4, 0.5) is 0 Å². The summed E-state index contributed by atoms with van der Waals surface area (Å²) in [5.74, 6) is 0. The monoisotopic (exact) mass is 535 g/mol. The number of aryl methyl sites for hydroxylation is 1. The molecule has 5 nitrogen and oxygen atoms in total. The molecule has 1 aromatic heterocycles. The number of halogens is 1. The van der Waals surface area contributed by atoms with Crippen molar-refractivity contribution in [2.24, 2.45) is 0 Å². The van der Waals surface area contributed by atoms with E-state index in [9.17, 15) is 13.5 Å². The van der Waals surface area contributed by atoms with E-state index in [-0.39, 0.29) is 0 Å². The molecule has 0 aliphatic carbocycles. The molecule has 0 bridgehead atoms. The van der Waals surface area contributed by atoms with Crippen LogP contribution in [0.1, 0.15) is 54.3 Å². The molecule has 0 saturated heterocycles. The first-order valence-corrected chi connectivity index (χ1v) is 14.2. The summed E-state index contributed by atoms with van der Waals surface area (Å²) in [5, 5.41) is 12.2. The van der Waals surface area contributed by atoms with Gasteiger partial charge in [0.15, 0.2) is 0 Å². The van der Waals surface area contributed by atoms with Crippen molar-refractivity contribution in [3.05, 3.63) is 112 Å². The second-order valence-electron chi connectivity index (χ2n) is 9.62. The molecule has 0 aliphatic rings. The molecule has 0 unspecified atom stereocenters. The van der Waals surface area contributed by atoms with Gasteiger partial charge in [-0.05, 0) is 79.3 Å². The van der Waals surface area contributed by atoms with E-state index in [2.05, 4.69) is 4.98 Å². The maximum atomic E-state index is 12.1. The fourth-order valence-electron chi connectivity index (χ4n) is 4.35. The average molecular weight is 536 g/mol. The molecular formula is C30H30ClNO4S. The van der Waals surface area contributed by atoms with Crippen molar-refractivity contribution in [1.29, 1.82) is 0 Å². The van der Waals surface area contributed by atoms with E-state index < -0.39 is 21.8 Å². The largest absolute Gasteiger partial charge is 0.386 e. The highest BCUT2D eigenvalue weighted by atomic mass is 35.5. The first kappa shape index (κ1) is 27.0. The van der Waals surface area contributed by atoms with Crippen LogP contribution in [-0.4, -0.2) is 24.8 Å². The van der Waals surface area contributed by atoms with Crippen LogP contribution in [0.3, 0.4) is 0 Å². The number of fused-ring (bicyclic) bond motifs is 1. The van der Waals surface area contributed by atoms with E-state index in [1.165, 1.54) is 0 Å². The fourth-order valence-corrected chi connectivity index (χ4v) is 5.14. The molecule has 1 atom stereocenters. The van der Waals surface area contributed by atoms with Gasteiger partial charge in [-0.1, -0.05) is 72.3 Å². The van der Waals surface area contributed by atoms with Crippen LogP contribution in [-0.2, 0) is 26.3 Å². The van der Waals surface area contributed by atoms with Crippen LogP contribution in [0.15, 0.2) is 78.9 Å². The fraction of sp³-hybridized carbons (Fsp3) is 0.233. The first-order chi connectivity index (χ1) is 17.5. The van der Waals surface area contributed by atoms with E-state index >= 15 is 0 Å². The number of pyridine rings is 1. The third-order valence-corrected chi connectivity index (χ3v) is 6.86. The third-order valence-electron chi connectivity index (χ3n) is 6.05. The van der Waals surface area contributed by atoms with Crippen LogP contribution in [0.2, 0.25) is 5.02 Å². The Bertz CT molecular complexity index is 1540. The normalized spacial score (nSPS) is 13.3. The molecule has 0 amide bonds. The summed E-state index contributed by atoms with van der Waals surface area (Å²) in [4.78, 5) is 4.65. The molecule has 0 fully saturated rings. The maximum absolute atomic E-state index is 12.1. The number of rotatable bonds is 9. The van der Waals surface area contributed by atoms with Crippen molar-refractivity contribution in [2.75, 3.05) is 6.26 Å². The van der Waals surface area contributed by atoms with Crippen molar-refractivity contribution in [1.82, 2.24) is 4.98 Å². The van der Waals surface area contributed by atoms with Crippen LogP contribution in [0.5, 0.6) is 0 Å². The van der Waals surface area contributed by atoms with Gasteiger partial charge in [-0.3, -0.25) is 4.18 Å². The van der Waals surface area contributed by atoms with E-state index in [1.807, 2.05) is 91.0 Å². The summed E-state index contributed by atoms with van der Waals surface area (Å²) >= 11 is 6.11. The molecule has 4 aromatic rings. The highest BCUT2D eigenvalue weighted by molar-refractivity contribution is 7.86. The lowest BCUT2D eigenvalue weighted by Gasteiger charge is -2.23. The highest BCUT2D eigenvalue weighted by Gasteiger charge is 2.22. The van der Waals surface area contributed by atoms with Crippen LogP contribution < -0.4 is 0 Å². The van der Waals surface area contributed by atoms with Crippen molar-refractivity contribution >= 4 is 44.8 Å².